The van der Waals surface area contributed by atoms with Crippen LogP contribution in [0.3, 0.4) is 0 Å². The maximum atomic E-state index is 12.1. The first-order valence-corrected chi connectivity index (χ1v) is 7.29. The van der Waals surface area contributed by atoms with Gasteiger partial charge in [-0.2, -0.15) is 0 Å². The summed E-state index contributed by atoms with van der Waals surface area (Å²) in [6.45, 7) is 2.62. The molecule has 0 bridgehead atoms. The van der Waals surface area contributed by atoms with E-state index < -0.39 is 36.9 Å². The molecule has 0 heterocycles. The highest BCUT2D eigenvalue weighted by atomic mass is 32.2. The van der Waals surface area contributed by atoms with Crippen molar-refractivity contribution in [3.8, 4) is 0 Å². The molecule has 9 nitrogen and oxygen atoms in total. The highest BCUT2D eigenvalue weighted by molar-refractivity contribution is 7.89. The Morgan fingerprint density at radius 2 is 2.00 bits per heavy atom. The van der Waals surface area contributed by atoms with Gasteiger partial charge in [-0.25, -0.2) is 13.1 Å². The zero-order valence-corrected chi connectivity index (χ0v) is 12.3. The van der Waals surface area contributed by atoms with Crippen LogP contribution in [0.2, 0.25) is 0 Å². The Morgan fingerprint density at radius 1 is 1.43 bits per heavy atom. The Bertz CT molecular complexity index is 684. The molecule has 0 spiro atoms. The monoisotopic (exact) mass is 316 g/mol. The summed E-state index contributed by atoms with van der Waals surface area (Å²) in [7, 11) is -4.17. The SMILES string of the molecule is CC(C)(CNS(=O)(=O)c1ccc(N)cc1[N+](=O)[O-])C(N)=O. The molecule has 0 aliphatic carbocycles. The van der Waals surface area contributed by atoms with E-state index in [0.29, 0.717) is 0 Å². The van der Waals surface area contributed by atoms with Crippen LogP contribution in [-0.4, -0.2) is 25.8 Å². The van der Waals surface area contributed by atoms with Crippen LogP contribution in [-0.2, 0) is 14.8 Å². The van der Waals surface area contributed by atoms with Crippen molar-refractivity contribution in [3.63, 3.8) is 0 Å². The number of nitrogens with one attached hydrogen (secondary N) is 1. The normalized spacial score (nSPS) is 12.1. The van der Waals surface area contributed by atoms with Gasteiger partial charge in [0.2, 0.25) is 15.9 Å². The summed E-state index contributed by atoms with van der Waals surface area (Å²) in [5.74, 6) is -0.697. The second-order valence-electron chi connectivity index (χ2n) is 5.06. The molecule has 1 aromatic carbocycles. The Hall–Kier alpha value is -2.20. The molecule has 116 valence electrons. The average molecular weight is 316 g/mol. The number of hydrogen-bond acceptors (Lipinski definition) is 6. The molecule has 0 unspecified atom stereocenters. The van der Waals surface area contributed by atoms with E-state index in [4.69, 9.17) is 11.5 Å². The quantitative estimate of drug-likeness (QED) is 0.379. The van der Waals surface area contributed by atoms with Gasteiger partial charge in [0.1, 0.15) is 0 Å². The third-order valence-corrected chi connectivity index (χ3v) is 4.29. The number of benzene rings is 1. The van der Waals surface area contributed by atoms with Crippen LogP contribution < -0.4 is 16.2 Å². The van der Waals surface area contributed by atoms with Gasteiger partial charge in [-0.15, -0.1) is 0 Å². The lowest BCUT2D eigenvalue weighted by atomic mass is 9.93. The van der Waals surface area contributed by atoms with Gasteiger partial charge >= 0.3 is 0 Å². The maximum Gasteiger partial charge on any atom is 0.291 e. The number of nitrogens with zero attached hydrogens (tertiary/aromatic N) is 1. The summed E-state index contributed by atoms with van der Waals surface area (Å²) in [5, 5.41) is 10.9. The van der Waals surface area contributed by atoms with Gasteiger partial charge in [0.05, 0.1) is 10.3 Å². The number of nitro groups is 1. The molecule has 5 N–H and O–H groups in total. The number of nitrogens with two attached hydrogens (primary N) is 2. The molecule has 0 aromatic heterocycles. The van der Waals surface area contributed by atoms with Crippen LogP contribution in [0.4, 0.5) is 11.4 Å². The van der Waals surface area contributed by atoms with Crippen molar-refractivity contribution >= 4 is 27.3 Å². The molecule has 1 rings (SSSR count). The molecule has 0 atom stereocenters. The zero-order valence-electron chi connectivity index (χ0n) is 11.5. The molecule has 10 heteroatoms. The second-order valence-corrected chi connectivity index (χ2v) is 6.79. The van der Waals surface area contributed by atoms with E-state index in [1.165, 1.54) is 19.9 Å². The number of anilines is 1. The Kier molecular flexibility index (Phi) is 4.54. The molecular formula is C11H16N4O5S. The van der Waals surface area contributed by atoms with Crippen LogP contribution >= 0.6 is 0 Å². The molecular weight excluding hydrogens is 300 g/mol. The summed E-state index contributed by atoms with van der Waals surface area (Å²) in [6.07, 6.45) is 0. The van der Waals surface area contributed by atoms with Gasteiger partial charge in [-0.1, -0.05) is 0 Å². The van der Waals surface area contributed by atoms with Gasteiger partial charge in [0, 0.05) is 18.3 Å². The molecule has 0 radical (unpaired) electrons. The number of carbonyl (C=O) groups excluding carboxylic acids is 1. The third kappa shape index (κ3) is 3.89. The predicted octanol–water partition coefficient (Wildman–Crippen LogP) is -0.0332. The smallest absolute Gasteiger partial charge is 0.291 e. The fraction of sp³-hybridized carbons (Fsp3) is 0.364. The summed E-state index contributed by atoms with van der Waals surface area (Å²) in [5.41, 5.74) is 8.85. The number of primary amides is 1. The Morgan fingerprint density at radius 3 is 2.48 bits per heavy atom. The van der Waals surface area contributed by atoms with Gasteiger partial charge < -0.3 is 11.5 Å². The lowest BCUT2D eigenvalue weighted by molar-refractivity contribution is -0.387. The number of nitrogen functional groups attached to an aromatic ring is 1. The van der Waals surface area contributed by atoms with E-state index in [0.717, 1.165) is 12.1 Å². The molecule has 1 aromatic rings. The van der Waals surface area contributed by atoms with Crippen LogP contribution in [0.15, 0.2) is 23.1 Å². The summed E-state index contributed by atoms with van der Waals surface area (Å²) in [6, 6.07) is 3.22. The lowest BCUT2D eigenvalue weighted by Crippen LogP contribution is -2.42. The zero-order chi connectivity index (χ0) is 16.4. The molecule has 0 aliphatic rings. The number of carbonyl (C=O) groups is 1. The van der Waals surface area contributed by atoms with Crippen LogP contribution in [0, 0.1) is 15.5 Å². The van der Waals surface area contributed by atoms with Crippen LogP contribution in [0.25, 0.3) is 0 Å². The number of nitro benzene ring substituents is 1. The minimum atomic E-state index is -4.17. The largest absolute Gasteiger partial charge is 0.399 e. The molecule has 1 amide bonds. The van der Waals surface area contributed by atoms with Crippen LogP contribution in [0.5, 0.6) is 0 Å². The van der Waals surface area contributed by atoms with Crippen LogP contribution in [0.1, 0.15) is 13.8 Å². The summed E-state index contributed by atoms with van der Waals surface area (Å²) >= 11 is 0. The number of hydrogen-bond donors (Lipinski definition) is 3. The van der Waals surface area contributed by atoms with E-state index in [1.807, 2.05) is 0 Å². The lowest BCUT2D eigenvalue weighted by Gasteiger charge is -2.20. The second kappa shape index (κ2) is 5.66. The van der Waals surface area contributed by atoms with Crippen molar-refractivity contribution in [2.45, 2.75) is 18.7 Å². The number of amides is 1. The molecule has 0 saturated heterocycles. The number of rotatable bonds is 6. The minimum absolute atomic E-state index is 0.0677. The fourth-order valence-electron chi connectivity index (χ4n) is 1.34. The van der Waals surface area contributed by atoms with Crippen molar-refractivity contribution < 1.29 is 18.1 Å². The van der Waals surface area contributed by atoms with Gasteiger partial charge in [-0.05, 0) is 26.0 Å². The van der Waals surface area contributed by atoms with Gasteiger partial charge in [0.15, 0.2) is 4.90 Å². The van der Waals surface area contributed by atoms with Crippen molar-refractivity contribution in [2.75, 3.05) is 12.3 Å². The highest BCUT2D eigenvalue weighted by Crippen LogP contribution is 2.26. The molecule has 0 fully saturated rings. The van der Waals surface area contributed by atoms with Crippen molar-refractivity contribution in [3.05, 3.63) is 28.3 Å². The van der Waals surface area contributed by atoms with Gasteiger partial charge in [-0.3, -0.25) is 14.9 Å². The first-order valence-electron chi connectivity index (χ1n) is 5.81. The average Bonchev–Trinajstić information content (AvgIpc) is 2.36. The first-order chi connectivity index (χ1) is 9.47. The van der Waals surface area contributed by atoms with Crippen molar-refractivity contribution in [2.24, 2.45) is 11.1 Å². The van der Waals surface area contributed by atoms with E-state index >= 15 is 0 Å². The summed E-state index contributed by atoms with van der Waals surface area (Å²) in [4.78, 5) is 20.7. The molecule has 0 saturated carbocycles. The minimum Gasteiger partial charge on any atom is -0.399 e. The van der Waals surface area contributed by atoms with Crippen molar-refractivity contribution in [1.82, 2.24) is 4.72 Å². The predicted molar refractivity (Wildman–Crippen MR) is 75.7 cm³/mol. The van der Waals surface area contributed by atoms with E-state index in [-0.39, 0.29) is 12.2 Å². The van der Waals surface area contributed by atoms with E-state index in [9.17, 15) is 23.3 Å². The maximum absolute atomic E-state index is 12.1. The first kappa shape index (κ1) is 16.9. The fourth-order valence-corrected chi connectivity index (χ4v) is 2.71. The third-order valence-electron chi connectivity index (χ3n) is 2.84. The Balaban J connectivity index is 3.15. The summed E-state index contributed by atoms with van der Waals surface area (Å²) < 4.78 is 26.4. The topological polar surface area (TPSA) is 158 Å². The van der Waals surface area contributed by atoms with Gasteiger partial charge in [0.25, 0.3) is 5.69 Å². The Labute approximate surface area is 121 Å². The number of sulfonamides is 1. The highest BCUT2D eigenvalue weighted by Gasteiger charge is 2.30. The standard InChI is InChI=1S/C11H16N4O5S/c1-11(2,10(13)16)6-14-21(19,20)9-4-3-7(12)5-8(9)15(17)18/h3-5,14H,6,12H2,1-2H3,(H2,13,16). The van der Waals surface area contributed by atoms with E-state index in [1.54, 1.807) is 0 Å². The van der Waals surface area contributed by atoms with Crippen molar-refractivity contribution in [1.29, 1.82) is 0 Å². The molecule has 0 aliphatic heterocycles. The van der Waals surface area contributed by atoms with E-state index in [2.05, 4.69) is 4.72 Å². The molecule has 21 heavy (non-hydrogen) atoms.